The van der Waals surface area contributed by atoms with Gasteiger partial charge in [-0.05, 0) is 69.2 Å². The summed E-state index contributed by atoms with van der Waals surface area (Å²) in [5, 5.41) is 4.91. The summed E-state index contributed by atoms with van der Waals surface area (Å²) in [5.74, 6) is 0.790. The van der Waals surface area contributed by atoms with Gasteiger partial charge in [0.25, 0.3) is 5.91 Å². The molecule has 2 aromatic carbocycles. The van der Waals surface area contributed by atoms with Gasteiger partial charge in [0.1, 0.15) is 15.8 Å². The molecule has 5 nitrogen and oxygen atoms in total. The van der Waals surface area contributed by atoms with Crippen LogP contribution >= 0.6 is 24.0 Å². The molecule has 2 heterocycles. The first-order valence-electron chi connectivity index (χ1n) is 11.1. The van der Waals surface area contributed by atoms with E-state index in [-0.39, 0.29) is 11.9 Å². The second kappa shape index (κ2) is 9.93. The Morgan fingerprint density at radius 3 is 2.61 bits per heavy atom. The minimum absolute atomic E-state index is 0.0406. The van der Waals surface area contributed by atoms with Crippen molar-refractivity contribution in [2.45, 2.75) is 40.2 Å². The molecular formula is C26H27N3O2S2. The number of carbonyl (C=O) groups excluding carboxylic acids is 1. The number of hydrogen-bond acceptors (Lipinski definition) is 5. The molecule has 1 aromatic heterocycles. The van der Waals surface area contributed by atoms with Crippen molar-refractivity contribution in [3.63, 3.8) is 0 Å². The topological polar surface area (TPSA) is 47.4 Å². The predicted octanol–water partition coefficient (Wildman–Crippen LogP) is 6.25. The maximum Gasteiger partial charge on any atom is 0.266 e. The molecule has 1 fully saturated rings. The number of thioether (sulfide) groups is 1. The number of hydrogen-bond donors (Lipinski definition) is 0. The first-order valence-corrected chi connectivity index (χ1v) is 12.3. The summed E-state index contributed by atoms with van der Waals surface area (Å²) in [6.45, 7) is 8.72. The van der Waals surface area contributed by atoms with Crippen LogP contribution in [0.3, 0.4) is 0 Å². The van der Waals surface area contributed by atoms with E-state index < -0.39 is 0 Å². The Morgan fingerprint density at radius 1 is 1.18 bits per heavy atom. The summed E-state index contributed by atoms with van der Waals surface area (Å²) in [4.78, 5) is 15.5. The Hall–Kier alpha value is -2.90. The van der Waals surface area contributed by atoms with Crippen molar-refractivity contribution in [3.05, 3.63) is 70.8 Å². The predicted molar refractivity (Wildman–Crippen MR) is 140 cm³/mol. The summed E-state index contributed by atoms with van der Waals surface area (Å²) < 4.78 is 8.12. The number of thiocarbonyl (C=S) groups is 1. The van der Waals surface area contributed by atoms with Crippen LogP contribution in [0.2, 0.25) is 0 Å². The number of nitrogens with zero attached hydrogens (tertiary/aromatic N) is 3. The lowest BCUT2D eigenvalue weighted by Crippen LogP contribution is -2.36. The number of benzene rings is 2. The monoisotopic (exact) mass is 477 g/mol. The fourth-order valence-electron chi connectivity index (χ4n) is 3.76. The van der Waals surface area contributed by atoms with E-state index in [0.29, 0.717) is 15.8 Å². The standard InChI is InChI=1S/C26H27N3O2S2/c1-5-18(4)29-25(30)23(33-26(29)32)15-19-16-28(20-10-8-7-9-11-20)27-24(19)22-13-12-21(31-6-2)14-17(22)3/h7-16,18H,5-6H2,1-4H3/b23-15-. The molecule has 1 amide bonds. The Morgan fingerprint density at radius 2 is 1.94 bits per heavy atom. The fourth-order valence-corrected chi connectivity index (χ4v) is 5.21. The minimum atomic E-state index is -0.0406. The van der Waals surface area contributed by atoms with Crippen molar-refractivity contribution in [3.8, 4) is 22.7 Å². The van der Waals surface area contributed by atoms with Crippen LogP contribution in [0.1, 0.15) is 38.3 Å². The normalized spacial score (nSPS) is 16.0. The molecule has 0 aliphatic carbocycles. The van der Waals surface area contributed by atoms with Crippen LogP contribution in [0.15, 0.2) is 59.6 Å². The van der Waals surface area contributed by atoms with E-state index in [9.17, 15) is 4.79 Å². The van der Waals surface area contributed by atoms with Crippen molar-refractivity contribution < 1.29 is 9.53 Å². The third-order valence-electron chi connectivity index (χ3n) is 5.67. The number of aryl methyl sites for hydroxylation is 1. The first-order chi connectivity index (χ1) is 15.9. The van der Waals surface area contributed by atoms with Crippen molar-refractivity contribution in [1.82, 2.24) is 14.7 Å². The highest BCUT2D eigenvalue weighted by Crippen LogP contribution is 2.37. The molecule has 1 unspecified atom stereocenters. The van der Waals surface area contributed by atoms with Gasteiger partial charge in [0.15, 0.2) is 0 Å². The van der Waals surface area contributed by atoms with Crippen LogP contribution in [0, 0.1) is 6.92 Å². The minimum Gasteiger partial charge on any atom is -0.494 e. The fraction of sp³-hybridized carbons (Fsp3) is 0.269. The van der Waals surface area contributed by atoms with E-state index in [1.54, 1.807) is 4.90 Å². The highest BCUT2D eigenvalue weighted by atomic mass is 32.2. The largest absolute Gasteiger partial charge is 0.494 e. The Bertz CT molecular complexity index is 1220. The summed E-state index contributed by atoms with van der Waals surface area (Å²) in [5.41, 5.74) is 4.69. The summed E-state index contributed by atoms with van der Waals surface area (Å²) in [6.07, 6.45) is 4.73. The molecule has 0 saturated carbocycles. The lowest BCUT2D eigenvalue weighted by atomic mass is 10.0. The molecular weight excluding hydrogens is 450 g/mol. The van der Waals surface area contributed by atoms with Gasteiger partial charge in [0, 0.05) is 23.4 Å². The van der Waals surface area contributed by atoms with Crippen LogP contribution in [0.25, 0.3) is 23.0 Å². The van der Waals surface area contributed by atoms with Crippen molar-refractivity contribution in [2.24, 2.45) is 0 Å². The molecule has 0 spiro atoms. The van der Waals surface area contributed by atoms with Gasteiger partial charge in [-0.15, -0.1) is 0 Å². The van der Waals surface area contributed by atoms with E-state index in [2.05, 4.69) is 6.92 Å². The lowest BCUT2D eigenvalue weighted by molar-refractivity contribution is -0.123. The third kappa shape index (κ3) is 4.75. The Labute approximate surface area is 204 Å². The molecule has 1 saturated heterocycles. The number of para-hydroxylation sites is 1. The smallest absolute Gasteiger partial charge is 0.266 e. The van der Waals surface area contributed by atoms with Gasteiger partial charge in [-0.2, -0.15) is 5.10 Å². The molecule has 0 N–H and O–H groups in total. The second-order valence-electron chi connectivity index (χ2n) is 7.93. The lowest BCUT2D eigenvalue weighted by Gasteiger charge is -2.21. The number of ether oxygens (including phenoxy) is 1. The number of carbonyl (C=O) groups is 1. The zero-order valence-electron chi connectivity index (χ0n) is 19.2. The summed E-state index contributed by atoms with van der Waals surface area (Å²) in [7, 11) is 0. The van der Waals surface area contributed by atoms with E-state index in [0.717, 1.165) is 40.2 Å². The van der Waals surface area contributed by atoms with Crippen LogP contribution in [-0.2, 0) is 4.79 Å². The highest BCUT2D eigenvalue weighted by Gasteiger charge is 2.35. The van der Waals surface area contributed by atoms with Crippen molar-refractivity contribution >= 4 is 40.3 Å². The molecule has 1 aliphatic rings. The van der Waals surface area contributed by atoms with Crippen LogP contribution in [-0.4, -0.2) is 37.6 Å². The summed E-state index contributed by atoms with van der Waals surface area (Å²) >= 11 is 6.87. The summed E-state index contributed by atoms with van der Waals surface area (Å²) in [6, 6.07) is 16.0. The van der Waals surface area contributed by atoms with Crippen molar-refractivity contribution in [1.29, 1.82) is 0 Å². The number of rotatable bonds is 7. The SMILES string of the molecule is CCOc1ccc(-c2nn(-c3ccccc3)cc2/C=C2\SC(=S)N(C(C)CC)C2=O)c(C)c1. The number of aromatic nitrogens is 2. The molecule has 33 heavy (non-hydrogen) atoms. The van der Waals surface area contributed by atoms with Gasteiger partial charge in [-0.3, -0.25) is 9.69 Å². The van der Waals surface area contributed by atoms with E-state index in [1.807, 2.05) is 86.3 Å². The molecule has 0 radical (unpaired) electrons. The van der Waals surface area contributed by atoms with E-state index in [1.165, 1.54) is 11.8 Å². The number of amides is 1. The Balaban J connectivity index is 1.81. The van der Waals surface area contributed by atoms with Crippen LogP contribution in [0.4, 0.5) is 0 Å². The average molecular weight is 478 g/mol. The molecule has 3 aromatic rings. The van der Waals surface area contributed by atoms with E-state index >= 15 is 0 Å². The third-order valence-corrected chi connectivity index (χ3v) is 7.00. The highest BCUT2D eigenvalue weighted by molar-refractivity contribution is 8.26. The Kier molecular flexibility index (Phi) is 7.00. The maximum absolute atomic E-state index is 13.1. The average Bonchev–Trinajstić information content (AvgIpc) is 3.35. The van der Waals surface area contributed by atoms with Gasteiger partial charge in [-0.25, -0.2) is 4.68 Å². The second-order valence-corrected chi connectivity index (χ2v) is 9.61. The molecule has 0 bridgehead atoms. The molecule has 4 rings (SSSR count). The van der Waals surface area contributed by atoms with Gasteiger partial charge < -0.3 is 4.74 Å². The zero-order chi connectivity index (χ0) is 23.5. The molecule has 170 valence electrons. The van der Waals surface area contributed by atoms with Gasteiger partial charge in [0.2, 0.25) is 0 Å². The zero-order valence-corrected chi connectivity index (χ0v) is 20.9. The van der Waals surface area contributed by atoms with Gasteiger partial charge >= 0.3 is 0 Å². The van der Waals surface area contributed by atoms with Gasteiger partial charge in [0.05, 0.1) is 17.2 Å². The molecule has 7 heteroatoms. The van der Waals surface area contributed by atoms with Crippen molar-refractivity contribution in [2.75, 3.05) is 6.61 Å². The van der Waals surface area contributed by atoms with Gasteiger partial charge in [-0.1, -0.05) is 49.1 Å². The van der Waals surface area contributed by atoms with E-state index in [4.69, 9.17) is 22.1 Å². The first kappa shape index (κ1) is 23.3. The molecule has 1 atom stereocenters. The van der Waals surface area contributed by atoms with Crippen LogP contribution < -0.4 is 4.74 Å². The molecule has 1 aliphatic heterocycles. The maximum atomic E-state index is 13.1. The quantitative estimate of drug-likeness (QED) is 0.297. The van der Waals surface area contributed by atoms with Crippen LogP contribution in [0.5, 0.6) is 5.75 Å².